The Morgan fingerprint density at radius 3 is 2.43 bits per heavy atom. The Balaban J connectivity index is 2.35. The molecule has 122 valence electrons. The molecule has 1 heterocycles. The summed E-state index contributed by atoms with van der Waals surface area (Å²) in [7, 11) is 0. The van der Waals surface area contributed by atoms with E-state index >= 15 is 0 Å². The van der Waals surface area contributed by atoms with Gasteiger partial charge in [-0.15, -0.1) is 6.58 Å². The van der Waals surface area contributed by atoms with Crippen molar-refractivity contribution in [3.8, 4) is 5.75 Å². The topological polar surface area (TPSA) is 61.8 Å². The van der Waals surface area contributed by atoms with E-state index in [1.54, 1.807) is 18.2 Å². The minimum atomic E-state index is -1.24. The molecule has 0 unspecified atom stereocenters. The molecule has 1 aromatic rings. The van der Waals surface area contributed by atoms with E-state index in [-0.39, 0.29) is 5.57 Å². The number of rotatable bonds is 5. The molecule has 5 nitrogen and oxygen atoms in total. The second kappa shape index (κ2) is 6.69. The van der Waals surface area contributed by atoms with Gasteiger partial charge in [0.05, 0.1) is 6.61 Å². The number of ether oxygens (including phenoxy) is 3. The highest BCUT2D eigenvalue weighted by Crippen LogP contribution is 2.26. The van der Waals surface area contributed by atoms with Gasteiger partial charge in [-0.3, -0.25) is 0 Å². The molecule has 5 heteroatoms. The van der Waals surface area contributed by atoms with Crippen molar-refractivity contribution >= 4 is 18.0 Å². The van der Waals surface area contributed by atoms with Crippen molar-refractivity contribution in [2.24, 2.45) is 0 Å². The van der Waals surface area contributed by atoms with Crippen molar-refractivity contribution in [3.63, 3.8) is 0 Å². The number of benzene rings is 1. The molecule has 0 amide bonds. The van der Waals surface area contributed by atoms with E-state index in [9.17, 15) is 9.59 Å². The lowest BCUT2D eigenvalue weighted by Crippen LogP contribution is -2.41. The first kappa shape index (κ1) is 16.8. The molecule has 0 spiro atoms. The van der Waals surface area contributed by atoms with Gasteiger partial charge in [-0.1, -0.05) is 12.1 Å². The Kier molecular flexibility index (Phi) is 4.89. The number of esters is 2. The summed E-state index contributed by atoms with van der Waals surface area (Å²) in [4.78, 5) is 23.9. The van der Waals surface area contributed by atoms with E-state index in [2.05, 4.69) is 6.58 Å². The van der Waals surface area contributed by atoms with E-state index in [4.69, 9.17) is 14.2 Å². The molecule has 1 aromatic carbocycles. The van der Waals surface area contributed by atoms with Crippen LogP contribution < -0.4 is 4.74 Å². The molecule has 1 aliphatic heterocycles. The molecule has 0 radical (unpaired) electrons. The highest BCUT2D eigenvalue weighted by molar-refractivity contribution is 6.18. The van der Waals surface area contributed by atoms with Crippen LogP contribution in [0.2, 0.25) is 0 Å². The number of cyclic esters (lactones) is 2. The van der Waals surface area contributed by atoms with Crippen molar-refractivity contribution in [2.45, 2.75) is 33.0 Å². The van der Waals surface area contributed by atoms with Crippen LogP contribution in [0.5, 0.6) is 5.75 Å². The zero-order chi connectivity index (χ0) is 17.0. The second-order valence-corrected chi connectivity index (χ2v) is 5.53. The van der Waals surface area contributed by atoms with Crippen LogP contribution in [0.25, 0.3) is 6.08 Å². The predicted molar refractivity (Wildman–Crippen MR) is 85.8 cm³/mol. The molecular formula is C18H20O5. The smallest absolute Gasteiger partial charge is 0.348 e. The fraction of sp³-hybridized carbons (Fsp3) is 0.333. The minimum Gasteiger partial charge on any atom is -0.494 e. The zero-order valence-corrected chi connectivity index (χ0v) is 13.5. The third-order valence-corrected chi connectivity index (χ3v) is 3.18. The molecule has 1 aliphatic rings. The summed E-state index contributed by atoms with van der Waals surface area (Å²) in [6, 6.07) is 5.42. The van der Waals surface area contributed by atoms with E-state index in [1.807, 2.05) is 13.0 Å². The van der Waals surface area contributed by atoms with Gasteiger partial charge >= 0.3 is 11.9 Å². The first-order valence-corrected chi connectivity index (χ1v) is 7.41. The van der Waals surface area contributed by atoms with Crippen LogP contribution in [0.1, 0.15) is 31.9 Å². The van der Waals surface area contributed by atoms with Crippen LogP contribution in [-0.4, -0.2) is 24.3 Å². The Hall–Kier alpha value is -2.56. The van der Waals surface area contributed by atoms with Crippen molar-refractivity contribution in [1.29, 1.82) is 0 Å². The number of carbonyl (C=O) groups is 2. The summed E-state index contributed by atoms with van der Waals surface area (Å²) in [5.74, 6) is -1.86. The van der Waals surface area contributed by atoms with Crippen molar-refractivity contribution in [2.75, 3.05) is 6.61 Å². The molecule has 23 heavy (non-hydrogen) atoms. The number of hydrogen-bond donors (Lipinski definition) is 0. The molecule has 0 aliphatic carbocycles. The molecule has 0 aromatic heterocycles. The van der Waals surface area contributed by atoms with Crippen LogP contribution in [-0.2, 0) is 25.5 Å². The van der Waals surface area contributed by atoms with Crippen LogP contribution >= 0.6 is 0 Å². The second-order valence-electron chi connectivity index (χ2n) is 5.53. The third kappa shape index (κ3) is 4.00. The molecule has 1 fully saturated rings. The van der Waals surface area contributed by atoms with Crippen LogP contribution in [0.3, 0.4) is 0 Å². The number of allylic oxidation sites excluding steroid dienone is 1. The summed E-state index contributed by atoms with van der Waals surface area (Å²) in [5, 5.41) is 0. The first-order chi connectivity index (χ1) is 10.9. The molecule has 0 N–H and O–H groups in total. The van der Waals surface area contributed by atoms with Gasteiger partial charge in [-0.05, 0) is 42.7 Å². The largest absolute Gasteiger partial charge is 0.494 e. The van der Waals surface area contributed by atoms with E-state index in [0.29, 0.717) is 18.6 Å². The molecule has 1 saturated heterocycles. The Labute approximate surface area is 135 Å². The summed E-state index contributed by atoms with van der Waals surface area (Å²) in [6.45, 7) is 9.21. The average Bonchev–Trinajstić information content (AvgIpc) is 2.45. The molecular weight excluding hydrogens is 296 g/mol. The van der Waals surface area contributed by atoms with Gasteiger partial charge < -0.3 is 14.2 Å². The quantitative estimate of drug-likeness (QED) is 0.362. The zero-order valence-electron chi connectivity index (χ0n) is 13.5. The lowest BCUT2D eigenvalue weighted by molar-refractivity contribution is -0.222. The van der Waals surface area contributed by atoms with Crippen molar-refractivity contribution < 1.29 is 23.8 Å². The Morgan fingerprint density at radius 1 is 1.22 bits per heavy atom. The third-order valence-electron chi connectivity index (χ3n) is 3.18. The fourth-order valence-corrected chi connectivity index (χ4v) is 2.25. The van der Waals surface area contributed by atoms with Gasteiger partial charge in [0.1, 0.15) is 11.3 Å². The van der Waals surface area contributed by atoms with E-state index < -0.39 is 17.7 Å². The van der Waals surface area contributed by atoms with Gasteiger partial charge in [-0.2, -0.15) is 0 Å². The molecule has 0 atom stereocenters. The summed E-state index contributed by atoms with van der Waals surface area (Å²) in [5.41, 5.74) is 1.49. The van der Waals surface area contributed by atoms with Crippen molar-refractivity contribution in [3.05, 3.63) is 47.6 Å². The van der Waals surface area contributed by atoms with Crippen LogP contribution in [0.4, 0.5) is 0 Å². The maximum Gasteiger partial charge on any atom is 0.348 e. The minimum absolute atomic E-state index is 0.127. The van der Waals surface area contributed by atoms with Gasteiger partial charge in [0.25, 0.3) is 5.79 Å². The van der Waals surface area contributed by atoms with Gasteiger partial charge in [-0.25, -0.2) is 9.59 Å². The summed E-state index contributed by atoms with van der Waals surface area (Å²) >= 11 is 0. The SMILES string of the molecule is C=CCc1cc(C=C2C(=O)OC(C)(C)OC2=O)ccc1OCC. The van der Waals surface area contributed by atoms with Crippen LogP contribution in [0, 0.1) is 0 Å². The summed E-state index contributed by atoms with van der Waals surface area (Å²) in [6.07, 6.45) is 3.84. The summed E-state index contributed by atoms with van der Waals surface area (Å²) < 4.78 is 15.7. The number of carbonyl (C=O) groups excluding carboxylic acids is 2. The normalized spacial score (nSPS) is 16.4. The first-order valence-electron chi connectivity index (χ1n) is 7.41. The molecule has 0 saturated carbocycles. The lowest BCUT2D eigenvalue weighted by Gasteiger charge is -2.29. The Morgan fingerprint density at radius 2 is 1.87 bits per heavy atom. The molecule has 0 bridgehead atoms. The maximum absolute atomic E-state index is 12.0. The highest BCUT2D eigenvalue weighted by Gasteiger charge is 2.38. The van der Waals surface area contributed by atoms with E-state index in [1.165, 1.54) is 19.9 Å². The predicted octanol–water partition coefficient (Wildman–Crippen LogP) is 3.03. The van der Waals surface area contributed by atoms with Crippen molar-refractivity contribution in [1.82, 2.24) is 0 Å². The monoisotopic (exact) mass is 316 g/mol. The van der Waals surface area contributed by atoms with Gasteiger partial charge in [0.15, 0.2) is 0 Å². The Bertz CT molecular complexity index is 648. The average molecular weight is 316 g/mol. The highest BCUT2D eigenvalue weighted by atomic mass is 16.7. The van der Waals surface area contributed by atoms with Gasteiger partial charge in [0.2, 0.25) is 0 Å². The standard InChI is InChI=1S/C18H20O5/c1-5-7-13-10-12(8-9-15(13)21-6-2)11-14-16(19)22-18(3,4)23-17(14)20/h5,8-11H,1,6-7H2,2-4H3. The fourth-order valence-electron chi connectivity index (χ4n) is 2.25. The maximum atomic E-state index is 12.0. The van der Waals surface area contributed by atoms with Gasteiger partial charge in [0, 0.05) is 13.8 Å². The molecule has 2 rings (SSSR count). The lowest BCUT2D eigenvalue weighted by atomic mass is 10.0. The van der Waals surface area contributed by atoms with E-state index in [0.717, 1.165) is 11.3 Å². The van der Waals surface area contributed by atoms with Crippen LogP contribution in [0.15, 0.2) is 36.4 Å². The number of hydrogen-bond acceptors (Lipinski definition) is 5.